The third-order valence-electron chi connectivity index (χ3n) is 5.26. The summed E-state index contributed by atoms with van der Waals surface area (Å²) >= 11 is 0. The Morgan fingerprint density at radius 1 is 0.853 bits per heavy atom. The average molecular weight is 464 g/mol. The van der Waals surface area contributed by atoms with Gasteiger partial charge in [0.25, 0.3) is 0 Å². The van der Waals surface area contributed by atoms with Crippen LogP contribution < -0.4 is 15.5 Å². The summed E-state index contributed by atoms with van der Waals surface area (Å²) in [5.74, 6) is 1.46. The number of rotatable bonds is 7. The fourth-order valence-corrected chi connectivity index (χ4v) is 3.43. The maximum atomic E-state index is 4.65. The lowest BCUT2D eigenvalue weighted by atomic mass is 10.2. The number of benzene rings is 1. The lowest BCUT2D eigenvalue weighted by molar-refractivity contribution is 0.313. The Kier molecular flexibility index (Phi) is 11.8. The lowest BCUT2D eigenvalue weighted by Crippen LogP contribution is -2.44. The van der Waals surface area contributed by atoms with E-state index in [2.05, 4.69) is 73.6 Å². The molecule has 1 saturated heterocycles. The van der Waals surface area contributed by atoms with Crippen LogP contribution in [0.4, 0.5) is 23.1 Å². The van der Waals surface area contributed by atoms with Crippen molar-refractivity contribution in [3.05, 3.63) is 54.9 Å². The first kappa shape index (κ1) is 27.1. The number of aromatic nitrogens is 3. The average Bonchev–Trinajstić information content (AvgIpc) is 2.91. The Morgan fingerprint density at radius 3 is 2.18 bits per heavy atom. The molecule has 2 aromatic heterocycles. The molecule has 0 unspecified atom stereocenters. The summed E-state index contributed by atoms with van der Waals surface area (Å²) in [4.78, 5) is 18.3. The van der Waals surface area contributed by atoms with Gasteiger partial charge in [0.2, 0.25) is 5.95 Å². The Bertz CT molecular complexity index is 934. The molecule has 1 aliphatic rings. The molecule has 0 amide bonds. The van der Waals surface area contributed by atoms with Gasteiger partial charge in [0.05, 0.1) is 5.69 Å². The lowest BCUT2D eigenvalue weighted by Gasteiger charge is -2.34. The van der Waals surface area contributed by atoms with Crippen molar-refractivity contribution in [3.8, 4) is 11.3 Å². The molecule has 0 spiro atoms. The molecule has 1 aliphatic heterocycles. The van der Waals surface area contributed by atoms with Crippen LogP contribution in [0, 0.1) is 0 Å². The zero-order valence-electron chi connectivity index (χ0n) is 21.7. The molecule has 7 nitrogen and oxygen atoms in total. The van der Waals surface area contributed by atoms with Crippen molar-refractivity contribution in [2.45, 2.75) is 41.0 Å². The summed E-state index contributed by atoms with van der Waals surface area (Å²) in [6, 6.07) is 14.4. The number of nitrogens with zero attached hydrogens (tertiary/aromatic N) is 5. The van der Waals surface area contributed by atoms with E-state index in [1.807, 2.05) is 52.1 Å². The topological polar surface area (TPSA) is 69.2 Å². The van der Waals surface area contributed by atoms with Crippen LogP contribution in [0.2, 0.25) is 0 Å². The summed E-state index contributed by atoms with van der Waals surface area (Å²) in [5, 5.41) is 6.59. The van der Waals surface area contributed by atoms with E-state index in [1.165, 1.54) is 5.69 Å². The van der Waals surface area contributed by atoms with Crippen LogP contribution in [0.25, 0.3) is 11.3 Å². The molecule has 2 N–H and O–H groups in total. The van der Waals surface area contributed by atoms with Crippen LogP contribution in [-0.2, 0) is 0 Å². The van der Waals surface area contributed by atoms with Crippen LogP contribution in [0.5, 0.6) is 0 Å². The quantitative estimate of drug-likeness (QED) is 0.451. The molecule has 3 aromatic rings. The zero-order chi connectivity index (χ0) is 24.8. The van der Waals surface area contributed by atoms with Crippen molar-refractivity contribution in [1.82, 2.24) is 19.9 Å². The summed E-state index contributed by atoms with van der Waals surface area (Å²) < 4.78 is 0. The number of hydrogen-bond donors (Lipinski definition) is 2. The highest BCUT2D eigenvalue weighted by Crippen LogP contribution is 2.23. The Balaban J connectivity index is 0.000000970. The van der Waals surface area contributed by atoms with E-state index in [4.69, 9.17) is 0 Å². The van der Waals surface area contributed by atoms with Crippen molar-refractivity contribution < 1.29 is 0 Å². The first-order chi connectivity index (χ1) is 16.7. The molecule has 4 rings (SSSR count). The van der Waals surface area contributed by atoms with Crippen LogP contribution in [0.3, 0.4) is 0 Å². The molecule has 1 aromatic carbocycles. The van der Waals surface area contributed by atoms with Gasteiger partial charge in [-0.1, -0.05) is 34.6 Å². The summed E-state index contributed by atoms with van der Waals surface area (Å²) in [5.41, 5.74) is 4.04. The molecular formula is C27H41N7. The zero-order valence-corrected chi connectivity index (χ0v) is 21.7. The van der Waals surface area contributed by atoms with Crippen molar-refractivity contribution in [2.24, 2.45) is 0 Å². The third-order valence-corrected chi connectivity index (χ3v) is 5.26. The van der Waals surface area contributed by atoms with Gasteiger partial charge in [0, 0.05) is 62.1 Å². The first-order valence-corrected chi connectivity index (χ1v) is 12.5. The summed E-state index contributed by atoms with van der Waals surface area (Å²) in [7, 11) is 2.17. The van der Waals surface area contributed by atoms with Gasteiger partial charge in [-0.05, 0) is 55.9 Å². The Labute approximate surface area is 205 Å². The minimum atomic E-state index is 0.577. The number of nitrogens with one attached hydrogen (secondary N) is 2. The maximum Gasteiger partial charge on any atom is 0.227 e. The first-order valence-electron chi connectivity index (χ1n) is 12.5. The Morgan fingerprint density at radius 2 is 1.56 bits per heavy atom. The highest BCUT2D eigenvalue weighted by atomic mass is 15.2. The van der Waals surface area contributed by atoms with E-state index in [9.17, 15) is 0 Å². The molecule has 0 aliphatic carbocycles. The second-order valence-corrected chi connectivity index (χ2v) is 7.59. The SMILES string of the molecule is CC.CC.CCCNc1ccc(-c2ccnc(Nc3ccc(N4CCN(C)CC4)cc3)n2)cn1. The van der Waals surface area contributed by atoms with E-state index in [-0.39, 0.29) is 0 Å². The minimum Gasteiger partial charge on any atom is -0.370 e. The molecule has 0 radical (unpaired) electrons. The third kappa shape index (κ3) is 7.99. The number of anilines is 4. The van der Waals surface area contributed by atoms with Crippen molar-refractivity contribution >= 4 is 23.1 Å². The van der Waals surface area contributed by atoms with E-state index >= 15 is 0 Å². The van der Waals surface area contributed by atoms with E-state index in [0.717, 1.165) is 61.9 Å². The summed E-state index contributed by atoms with van der Waals surface area (Å²) in [6.45, 7) is 15.4. The van der Waals surface area contributed by atoms with Gasteiger partial charge >= 0.3 is 0 Å². The van der Waals surface area contributed by atoms with Crippen molar-refractivity contribution in [1.29, 1.82) is 0 Å². The smallest absolute Gasteiger partial charge is 0.227 e. The molecular weight excluding hydrogens is 422 g/mol. The molecule has 0 atom stereocenters. The molecule has 3 heterocycles. The van der Waals surface area contributed by atoms with Crippen LogP contribution in [0.15, 0.2) is 54.9 Å². The fraction of sp³-hybridized carbons (Fsp3) is 0.444. The number of pyridine rings is 1. The van der Waals surface area contributed by atoms with E-state index in [1.54, 1.807) is 6.20 Å². The highest BCUT2D eigenvalue weighted by Gasteiger charge is 2.14. The largest absolute Gasteiger partial charge is 0.370 e. The molecule has 0 bridgehead atoms. The number of piperazine rings is 1. The fourth-order valence-electron chi connectivity index (χ4n) is 3.43. The number of likely N-dealkylation sites (N-methyl/N-ethyl adjacent to an activating group) is 1. The summed E-state index contributed by atoms with van der Waals surface area (Å²) in [6.07, 6.45) is 4.68. The molecule has 7 heteroatoms. The van der Waals surface area contributed by atoms with Gasteiger partial charge in [-0.15, -0.1) is 0 Å². The monoisotopic (exact) mass is 463 g/mol. The normalized spacial score (nSPS) is 13.2. The maximum absolute atomic E-state index is 4.65. The van der Waals surface area contributed by atoms with Crippen LogP contribution in [0.1, 0.15) is 41.0 Å². The van der Waals surface area contributed by atoms with Gasteiger partial charge in [0.15, 0.2) is 0 Å². The molecule has 34 heavy (non-hydrogen) atoms. The van der Waals surface area contributed by atoms with E-state index in [0.29, 0.717) is 5.95 Å². The predicted octanol–water partition coefficient (Wildman–Crippen LogP) is 5.91. The van der Waals surface area contributed by atoms with Gasteiger partial charge < -0.3 is 20.4 Å². The molecule has 1 fully saturated rings. The van der Waals surface area contributed by atoms with Crippen LogP contribution in [-0.4, -0.2) is 59.6 Å². The minimum absolute atomic E-state index is 0.577. The number of hydrogen-bond acceptors (Lipinski definition) is 7. The predicted molar refractivity (Wildman–Crippen MR) is 146 cm³/mol. The van der Waals surface area contributed by atoms with Crippen LogP contribution >= 0.6 is 0 Å². The standard InChI is InChI=1S/C23H29N7.2C2H6/c1-3-11-24-22-9-4-18(17-26-22)21-10-12-25-23(28-21)27-19-5-7-20(8-6-19)30-15-13-29(2)14-16-30;2*1-2/h4-10,12,17H,3,11,13-16H2,1-2H3,(H,24,26)(H,25,27,28);2*1-2H3. The van der Waals surface area contributed by atoms with Crippen molar-refractivity contribution in [3.63, 3.8) is 0 Å². The molecule has 184 valence electrons. The second kappa shape index (κ2) is 14.9. The van der Waals surface area contributed by atoms with Gasteiger partial charge in [-0.25, -0.2) is 15.0 Å². The highest BCUT2D eigenvalue weighted by molar-refractivity contribution is 5.63. The van der Waals surface area contributed by atoms with Gasteiger partial charge in [-0.2, -0.15) is 0 Å². The molecule has 0 saturated carbocycles. The van der Waals surface area contributed by atoms with Gasteiger partial charge in [0.1, 0.15) is 5.82 Å². The van der Waals surface area contributed by atoms with E-state index < -0.39 is 0 Å². The second-order valence-electron chi connectivity index (χ2n) is 7.59. The van der Waals surface area contributed by atoms with Gasteiger partial charge in [-0.3, -0.25) is 0 Å². The van der Waals surface area contributed by atoms with Crippen molar-refractivity contribution in [2.75, 3.05) is 55.3 Å². The Hall–Kier alpha value is -3.19.